The maximum absolute atomic E-state index is 6.42. The molecule has 1 aliphatic carbocycles. The molecule has 0 spiro atoms. The second-order valence-corrected chi connectivity index (χ2v) is 9.33. The standard InChI is InChI=1S/C18H37NO/c1-16(2,3)19(17(4,5)6)14-12-10-11-13-15(14)20-18(7,8)9/h14-15H,10-13H2,1-9H3/t14-,15-/m1/s1. The maximum Gasteiger partial charge on any atom is 0.0737 e. The second kappa shape index (κ2) is 5.96. The van der Waals surface area contributed by atoms with Crippen LogP contribution in [0.1, 0.15) is 88.0 Å². The van der Waals surface area contributed by atoms with Crippen LogP contribution in [0, 0.1) is 0 Å². The summed E-state index contributed by atoms with van der Waals surface area (Å²) in [5.41, 5.74) is 0.279. The molecule has 120 valence electrons. The van der Waals surface area contributed by atoms with E-state index in [1.54, 1.807) is 0 Å². The lowest BCUT2D eigenvalue weighted by Gasteiger charge is -2.54. The van der Waals surface area contributed by atoms with E-state index in [0.29, 0.717) is 12.1 Å². The Kier molecular flexibility index (Phi) is 5.36. The van der Waals surface area contributed by atoms with Crippen molar-refractivity contribution in [3.8, 4) is 0 Å². The van der Waals surface area contributed by atoms with Crippen LogP contribution < -0.4 is 0 Å². The van der Waals surface area contributed by atoms with Gasteiger partial charge in [0.15, 0.2) is 0 Å². The predicted molar refractivity (Wildman–Crippen MR) is 88.2 cm³/mol. The molecule has 0 N–H and O–H groups in total. The van der Waals surface area contributed by atoms with Crippen LogP contribution in [0.25, 0.3) is 0 Å². The molecule has 1 fully saturated rings. The first-order chi connectivity index (χ1) is 8.82. The highest BCUT2D eigenvalue weighted by Gasteiger charge is 2.42. The number of rotatable bonds is 2. The summed E-state index contributed by atoms with van der Waals surface area (Å²) in [7, 11) is 0. The summed E-state index contributed by atoms with van der Waals surface area (Å²) in [5, 5.41) is 0. The molecule has 0 aromatic rings. The summed E-state index contributed by atoms with van der Waals surface area (Å²) in [5.74, 6) is 0. The summed E-state index contributed by atoms with van der Waals surface area (Å²) in [6, 6.07) is 0.531. The van der Waals surface area contributed by atoms with Crippen molar-refractivity contribution >= 4 is 0 Å². The molecule has 0 amide bonds. The van der Waals surface area contributed by atoms with E-state index in [0.717, 1.165) is 0 Å². The van der Waals surface area contributed by atoms with Crippen LogP contribution in [0.2, 0.25) is 0 Å². The molecule has 1 rings (SSSR count). The van der Waals surface area contributed by atoms with Gasteiger partial charge in [-0.05, 0) is 75.2 Å². The fraction of sp³-hybridized carbons (Fsp3) is 1.00. The zero-order valence-corrected chi connectivity index (χ0v) is 15.3. The molecule has 0 heterocycles. The van der Waals surface area contributed by atoms with Crippen molar-refractivity contribution in [3.63, 3.8) is 0 Å². The molecule has 1 aliphatic rings. The second-order valence-electron chi connectivity index (χ2n) is 9.33. The molecule has 2 atom stereocenters. The van der Waals surface area contributed by atoms with Crippen LogP contribution >= 0.6 is 0 Å². The Morgan fingerprint density at radius 3 is 1.60 bits per heavy atom. The predicted octanol–water partition coefficient (Wildman–Crippen LogP) is 5.01. The fourth-order valence-corrected chi connectivity index (χ4v) is 3.97. The minimum Gasteiger partial charge on any atom is -0.371 e. The normalized spacial score (nSPS) is 26.1. The van der Waals surface area contributed by atoms with Gasteiger partial charge < -0.3 is 4.74 Å². The van der Waals surface area contributed by atoms with Gasteiger partial charge in [-0.2, -0.15) is 0 Å². The Morgan fingerprint density at radius 1 is 0.750 bits per heavy atom. The molecule has 0 unspecified atom stereocenters. The van der Waals surface area contributed by atoms with Gasteiger partial charge in [-0.1, -0.05) is 12.8 Å². The Bertz CT molecular complexity index is 289. The quantitative estimate of drug-likeness (QED) is 0.706. The van der Waals surface area contributed by atoms with Crippen LogP contribution in [-0.2, 0) is 4.74 Å². The van der Waals surface area contributed by atoms with Crippen molar-refractivity contribution in [1.29, 1.82) is 0 Å². The molecule has 0 aliphatic heterocycles. The van der Waals surface area contributed by atoms with Gasteiger partial charge in [0, 0.05) is 17.1 Å². The lowest BCUT2D eigenvalue weighted by atomic mass is 9.84. The first kappa shape index (κ1) is 18.0. The van der Waals surface area contributed by atoms with Gasteiger partial charge in [0.1, 0.15) is 0 Å². The first-order valence-electron chi connectivity index (χ1n) is 8.30. The van der Waals surface area contributed by atoms with Gasteiger partial charge in [-0.3, -0.25) is 4.90 Å². The Labute approximate surface area is 127 Å². The van der Waals surface area contributed by atoms with Crippen LogP contribution in [0.5, 0.6) is 0 Å². The molecule has 0 bridgehead atoms. The van der Waals surface area contributed by atoms with Gasteiger partial charge in [0.25, 0.3) is 0 Å². The van der Waals surface area contributed by atoms with Crippen molar-refractivity contribution in [1.82, 2.24) is 4.90 Å². The Morgan fingerprint density at radius 2 is 1.20 bits per heavy atom. The molecular weight excluding hydrogens is 246 g/mol. The fourth-order valence-electron chi connectivity index (χ4n) is 3.97. The summed E-state index contributed by atoms with van der Waals surface area (Å²) < 4.78 is 6.42. The highest BCUT2D eigenvalue weighted by Crippen LogP contribution is 2.36. The maximum atomic E-state index is 6.42. The van der Waals surface area contributed by atoms with Crippen molar-refractivity contribution in [2.45, 2.75) is 117 Å². The molecule has 0 saturated heterocycles. The number of hydrogen-bond donors (Lipinski definition) is 0. The lowest BCUT2D eigenvalue weighted by molar-refractivity contribution is -0.141. The number of hydrogen-bond acceptors (Lipinski definition) is 2. The van der Waals surface area contributed by atoms with Crippen molar-refractivity contribution in [2.24, 2.45) is 0 Å². The van der Waals surface area contributed by atoms with Crippen LogP contribution in [-0.4, -0.2) is 33.7 Å². The van der Waals surface area contributed by atoms with E-state index < -0.39 is 0 Å². The van der Waals surface area contributed by atoms with E-state index in [2.05, 4.69) is 67.2 Å². The zero-order valence-electron chi connectivity index (χ0n) is 15.3. The van der Waals surface area contributed by atoms with Crippen molar-refractivity contribution in [2.75, 3.05) is 0 Å². The molecular formula is C18H37NO. The molecule has 0 aromatic heterocycles. The van der Waals surface area contributed by atoms with Gasteiger partial charge >= 0.3 is 0 Å². The topological polar surface area (TPSA) is 12.5 Å². The van der Waals surface area contributed by atoms with Gasteiger partial charge in [-0.25, -0.2) is 0 Å². The molecule has 20 heavy (non-hydrogen) atoms. The molecule has 2 nitrogen and oxygen atoms in total. The lowest BCUT2D eigenvalue weighted by Crippen LogP contribution is -2.62. The minimum absolute atomic E-state index is 0.0539. The minimum atomic E-state index is -0.0539. The Hall–Kier alpha value is -0.0800. The van der Waals surface area contributed by atoms with Crippen molar-refractivity contribution in [3.05, 3.63) is 0 Å². The van der Waals surface area contributed by atoms with Crippen molar-refractivity contribution < 1.29 is 4.74 Å². The Balaban J connectivity index is 3.02. The highest BCUT2D eigenvalue weighted by molar-refractivity contribution is 4.97. The third-order valence-corrected chi connectivity index (χ3v) is 3.95. The molecule has 0 aromatic carbocycles. The summed E-state index contributed by atoms with van der Waals surface area (Å²) >= 11 is 0. The molecule has 0 radical (unpaired) electrons. The van der Waals surface area contributed by atoms with Crippen LogP contribution in [0.4, 0.5) is 0 Å². The average Bonchev–Trinajstić information content (AvgIpc) is 2.14. The number of nitrogens with zero attached hydrogens (tertiary/aromatic N) is 1. The van der Waals surface area contributed by atoms with E-state index in [-0.39, 0.29) is 16.7 Å². The van der Waals surface area contributed by atoms with E-state index in [9.17, 15) is 0 Å². The third-order valence-electron chi connectivity index (χ3n) is 3.95. The first-order valence-corrected chi connectivity index (χ1v) is 8.30. The van der Waals surface area contributed by atoms with Gasteiger partial charge in [0.05, 0.1) is 11.7 Å². The van der Waals surface area contributed by atoms with Crippen LogP contribution in [0.3, 0.4) is 0 Å². The molecule has 2 heteroatoms. The highest BCUT2D eigenvalue weighted by atomic mass is 16.5. The van der Waals surface area contributed by atoms with E-state index in [4.69, 9.17) is 4.74 Å². The summed E-state index contributed by atoms with van der Waals surface area (Å²) in [6.45, 7) is 20.5. The summed E-state index contributed by atoms with van der Waals surface area (Å²) in [6.07, 6.45) is 5.46. The van der Waals surface area contributed by atoms with E-state index in [1.807, 2.05) is 0 Å². The van der Waals surface area contributed by atoms with Gasteiger partial charge in [-0.15, -0.1) is 0 Å². The average molecular weight is 284 g/mol. The third kappa shape index (κ3) is 5.04. The summed E-state index contributed by atoms with van der Waals surface area (Å²) in [4.78, 5) is 2.69. The van der Waals surface area contributed by atoms with Crippen LogP contribution in [0.15, 0.2) is 0 Å². The largest absolute Gasteiger partial charge is 0.371 e. The monoisotopic (exact) mass is 283 g/mol. The number of ether oxygens (including phenoxy) is 1. The molecule has 1 saturated carbocycles. The van der Waals surface area contributed by atoms with E-state index in [1.165, 1.54) is 25.7 Å². The van der Waals surface area contributed by atoms with E-state index >= 15 is 0 Å². The smallest absolute Gasteiger partial charge is 0.0737 e. The zero-order chi connectivity index (χ0) is 15.8. The van der Waals surface area contributed by atoms with Gasteiger partial charge in [0.2, 0.25) is 0 Å². The SMILES string of the molecule is CC(C)(C)O[C@@H]1CCCC[C@H]1N(C(C)(C)C)C(C)(C)C.